The first-order valence-corrected chi connectivity index (χ1v) is 7.61. The van der Waals surface area contributed by atoms with Crippen LogP contribution in [0.3, 0.4) is 0 Å². The molecule has 0 aliphatic carbocycles. The molecule has 0 bridgehead atoms. The van der Waals surface area contributed by atoms with Gasteiger partial charge in [0.25, 0.3) is 0 Å². The van der Waals surface area contributed by atoms with E-state index in [1.54, 1.807) is 30.1 Å². The Morgan fingerprint density at radius 2 is 2.17 bits per heavy atom. The molecule has 1 aliphatic heterocycles. The summed E-state index contributed by atoms with van der Waals surface area (Å²) in [6.07, 6.45) is 0. The van der Waals surface area contributed by atoms with Crippen LogP contribution in [-0.2, 0) is 9.59 Å². The van der Waals surface area contributed by atoms with Crippen molar-refractivity contribution in [2.75, 3.05) is 39.8 Å². The zero-order valence-corrected chi connectivity index (χ0v) is 13.4. The zero-order valence-electron chi connectivity index (χ0n) is 13.4. The van der Waals surface area contributed by atoms with Gasteiger partial charge in [0.15, 0.2) is 11.6 Å². The van der Waals surface area contributed by atoms with Crippen LogP contribution < -0.4 is 10.1 Å². The molecule has 1 aliphatic rings. The third kappa shape index (κ3) is 4.41. The van der Waals surface area contributed by atoms with Gasteiger partial charge in [0.2, 0.25) is 11.8 Å². The van der Waals surface area contributed by atoms with Crippen LogP contribution in [0.1, 0.15) is 6.92 Å². The number of benzene rings is 1. The lowest BCUT2D eigenvalue weighted by molar-refractivity contribution is -0.145. The second-order valence-electron chi connectivity index (χ2n) is 5.47. The molecular formula is C16H22FN3O3. The van der Waals surface area contributed by atoms with E-state index in [0.29, 0.717) is 26.2 Å². The Balaban J connectivity index is 1.87. The Labute approximate surface area is 135 Å². The van der Waals surface area contributed by atoms with Crippen molar-refractivity contribution in [2.45, 2.75) is 13.0 Å². The van der Waals surface area contributed by atoms with Crippen molar-refractivity contribution in [1.82, 2.24) is 15.1 Å². The number of likely N-dealkylation sites (N-methyl/N-ethyl adjacent to an activating group) is 1. The molecule has 0 spiro atoms. The molecule has 0 unspecified atom stereocenters. The molecule has 6 nitrogen and oxygen atoms in total. The molecule has 0 radical (unpaired) electrons. The van der Waals surface area contributed by atoms with Crippen LogP contribution in [0, 0.1) is 5.82 Å². The van der Waals surface area contributed by atoms with Gasteiger partial charge in [-0.3, -0.25) is 9.59 Å². The van der Waals surface area contributed by atoms with E-state index in [9.17, 15) is 14.0 Å². The van der Waals surface area contributed by atoms with Gasteiger partial charge in [-0.05, 0) is 12.1 Å². The summed E-state index contributed by atoms with van der Waals surface area (Å²) >= 11 is 0. The predicted molar refractivity (Wildman–Crippen MR) is 83.6 cm³/mol. The Morgan fingerprint density at radius 1 is 1.43 bits per heavy atom. The second kappa shape index (κ2) is 7.92. The molecule has 1 aromatic rings. The van der Waals surface area contributed by atoms with E-state index in [1.807, 2.05) is 0 Å². The fourth-order valence-electron chi connectivity index (χ4n) is 2.52. The van der Waals surface area contributed by atoms with Crippen molar-refractivity contribution in [3.8, 4) is 5.75 Å². The lowest BCUT2D eigenvalue weighted by Gasteiger charge is -2.36. The normalized spacial score (nSPS) is 17.7. The third-order valence-electron chi connectivity index (χ3n) is 3.83. The summed E-state index contributed by atoms with van der Waals surface area (Å²) in [5.41, 5.74) is 0. The first-order chi connectivity index (χ1) is 11.0. The minimum Gasteiger partial charge on any atom is -0.489 e. The van der Waals surface area contributed by atoms with Crippen LogP contribution in [0.4, 0.5) is 4.39 Å². The zero-order chi connectivity index (χ0) is 16.8. The molecule has 1 aromatic carbocycles. The average molecular weight is 323 g/mol. The molecule has 1 atom stereocenters. The summed E-state index contributed by atoms with van der Waals surface area (Å²) in [6, 6.07) is 5.64. The number of nitrogens with zero attached hydrogens (tertiary/aromatic N) is 2. The Kier molecular flexibility index (Phi) is 5.92. The number of rotatable bonds is 5. The number of para-hydroxylation sites is 1. The van der Waals surface area contributed by atoms with Gasteiger partial charge in [-0.25, -0.2) is 4.39 Å². The molecule has 2 rings (SSSR count). The van der Waals surface area contributed by atoms with Crippen LogP contribution in [0.25, 0.3) is 0 Å². The summed E-state index contributed by atoms with van der Waals surface area (Å²) in [6.45, 7) is 3.61. The lowest BCUT2D eigenvalue weighted by atomic mass is 10.1. The Morgan fingerprint density at radius 3 is 2.87 bits per heavy atom. The van der Waals surface area contributed by atoms with Crippen molar-refractivity contribution in [3.63, 3.8) is 0 Å². The van der Waals surface area contributed by atoms with Gasteiger partial charge >= 0.3 is 0 Å². The number of ether oxygens (including phenoxy) is 1. The van der Waals surface area contributed by atoms with Crippen LogP contribution >= 0.6 is 0 Å². The minimum absolute atomic E-state index is 0.110. The minimum atomic E-state index is -0.500. The average Bonchev–Trinajstić information content (AvgIpc) is 2.55. The van der Waals surface area contributed by atoms with E-state index in [-0.39, 0.29) is 24.2 Å². The third-order valence-corrected chi connectivity index (χ3v) is 3.83. The number of carbonyl (C=O) groups excluding carboxylic acids is 2. The Hall–Kier alpha value is -2.15. The molecule has 23 heavy (non-hydrogen) atoms. The summed E-state index contributed by atoms with van der Waals surface area (Å²) in [4.78, 5) is 27.2. The fourth-order valence-corrected chi connectivity index (χ4v) is 2.52. The number of piperazine rings is 1. The standard InChI is InChI=1S/C16H22FN3O3/c1-12(21)20-8-7-18-11-14(20)16(22)19(2)9-10-23-15-6-4-3-5-13(15)17/h3-6,14,18H,7-11H2,1-2H3/t14-/m0/s1. The van der Waals surface area contributed by atoms with E-state index in [2.05, 4.69) is 5.32 Å². The van der Waals surface area contributed by atoms with Gasteiger partial charge in [-0.2, -0.15) is 0 Å². The number of halogens is 1. The summed E-state index contributed by atoms with van der Waals surface area (Å²) in [7, 11) is 1.65. The van der Waals surface area contributed by atoms with Crippen molar-refractivity contribution in [3.05, 3.63) is 30.1 Å². The van der Waals surface area contributed by atoms with Gasteiger partial charge < -0.3 is 19.9 Å². The largest absolute Gasteiger partial charge is 0.489 e. The lowest BCUT2D eigenvalue weighted by Crippen LogP contribution is -2.59. The maximum Gasteiger partial charge on any atom is 0.246 e. The highest BCUT2D eigenvalue weighted by molar-refractivity contribution is 5.87. The van der Waals surface area contributed by atoms with E-state index >= 15 is 0 Å². The quantitative estimate of drug-likeness (QED) is 0.856. The summed E-state index contributed by atoms with van der Waals surface area (Å²) < 4.78 is 18.8. The van der Waals surface area contributed by atoms with Crippen molar-refractivity contribution in [1.29, 1.82) is 0 Å². The molecule has 0 saturated carbocycles. The maximum absolute atomic E-state index is 13.4. The molecular weight excluding hydrogens is 301 g/mol. The first kappa shape index (κ1) is 17.2. The van der Waals surface area contributed by atoms with Crippen molar-refractivity contribution >= 4 is 11.8 Å². The number of carbonyl (C=O) groups is 2. The number of hydrogen-bond donors (Lipinski definition) is 1. The fraction of sp³-hybridized carbons (Fsp3) is 0.500. The Bertz CT molecular complexity index is 567. The molecule has 1 fully saturated rings. The van der Waals surface area contributed by atoms with Crippen molar-refractivity contribution < 1.29 is 18.7 Å². The maximum atomic E-state index is 13.4. The van der Waals surface area contributed by atoms with E-state index in [1.165, 1.54) is 17.9 Å². The first-order valence-electron chi connectivity index (χ1n) is 7.61. The molecule has 126 valence electrons. The van der Waals surface area contributed by atoms with Crippen LogP contribution in [-0.4, -0.2) is 67.5 Å². The SMILES string of the molecule is CC(=O)N1CCNC[C@H]1C(=O)N(C)CCOc1ccccc1F. The van der Waals surface area contributed by atoms with Gasteiger partial charge in [0.1, 0.15) is 12.6 Å². The van der Waals surface area contributed by atoms with Crippen LogP contribution in [0.5, 0.6) is 5.75 Å². The van der Waals surface area contributed by atoms with Crippen LogP contribution in [0.2, 0.25) is 0 Å². The molecule has 1 saturated heterocycles. The highest BCUT2D eigenvalue weighted by Crippen LogP contribution is 2.15. The second-order valence-corrected chi connectivity index (χ2v) is 5.47. The smallest absolute Gasteiger partial charge is 0.246 e. The molecule has 1 N–H and O–H groups in total. The van der Waals surface area contributed by atoms with Crippen LogP contribution in [0.15, 0.2) is 24.3 Å². The monoisotopic (exact) mass is 323 g/mol. The molecule has 7 heteroatoms. The van der Waals surface area contributed by atoms with Crippen molar-refractivity contribution in [2.24, 2.45) is 0 Å². The predicted octanol–water partition coefficient (Wildman–Crippen LogP) is 0.483. The number of hydrogen-bond acceptors (Lipinski definition) is 4. The molecule has 1 heterocycles. The van der Waals surface area contributed by atoms with Gasteiger partial charge in [0.05, 0.1) is 6.54 Å². The molecule has 0 aromatic heterocycles. The topological polar surface area (TPSA) is 61.9 Å². The van der Waals surface area contributed by atoms with Gasteiger partial charge in [-0.15, -0.1) is 0 Å². The highest BCUT2D eigenvalue weighted by Gasteiger charge is 2.32. The highest BCUT2D eigenvalue weighted by atomic mass is 19.1. The van der Waals surface area contributed by atoms with Gasteiger partial charge in [-0.1, -0.05) is 12.1 Å². The van der Waals surface area contributed by atoms with E-state index < -0.39 is 11.9 Å². The van der Waals surface area contributed by atoms with E-state index in [0.717, 1.165) is 0 Å². The number of nitrogens with one attached hydrogen (secondary N) is 1. The summed E-state index contributed by atoms with van der Waals surface area (Å²) in [5, 5.41) is 3.12. The molecule has 2 amide bonds. The summed E-state index contributed by atoms with van der Waals surface area (Å²) in [5.74, 6) is -0.524. The number of amides is 2. The van der Waals surface area contributed by atoms with Gasteiger partial charge in [0, 0.05) is 33.6 Å². The van der Waals surface area contributed by atoms with E-state index in [4.69, 9.17) is 4.74 Å².